The average Bonchev–Trinajstić information content (AvgIpc) is 2.04. The van der Waals surface area contributed by atoms with Crippen molar-refractivity contribution in [1.82, 2.24) is 0 Å². The van der Waals surface area contributed by atoms with Crippen LogP contribution in [0.1, 0.15) is 25.0 Å². The van der Waals surface area contributed by atoms with E-state index in [1.807, 2.05) is 12.1 Å². The van der Waals surface area contributed by atoms with E-state index in [9.17, 15) is 0 Å². The molecule has 0 saturated carbocycles. The van der Waals surface area contributed by atoms with Crippen molar-refractivity contribution in [3.63, 3.8) is 0 Å². The first-order valence-electron chi connectivity index (χ1n) is 4.05. The number of rotatable bonds is 2. The minimum atomic E-state index is 0.909. The Morgan fingerprint density at radius 1 is 1.18 bits per heavy atom. The summed E-state index contributed by atoms with van der Waals surface area (Å²) in [5, 5.41) is 0.909. The van der Waals surface area contributed by atoms with Gasteiger partial charge in [-0.15, -0.1) is 0 Å². The number of benzene rings is 1. The van der Waals surface area contributed by atoms with Crippen LogP contribution in [-0.2, 0) is 12.8 Å². The first-order chi connectivity index (χ1) is 5.29. The largest absolute Gasteiger partial charge is 0.0840 e. The first-order valence-corrected chi connectivity index (χ1v) is 4.43. The summed E-state index contributed by atoms with van der Waals surface area (Å²) in [5.74, 6) is 0. The zero-order chi connectivity index (χ0) is 8.27. The second-order valence-corrected chi connectivity index (χ2v) is 2.99. The highest BCUT2D eigenvalue weighted by Gasteiger charge is 2.01. The van der Waals surface area contributed by atoms with Gasteiger partial charge in [0.1, 0.15) is 0 Å². The number of hydrogen-bond donors (Lipinski definition) is 0. The van der Waals surface area contributed by atoms with Crippen LogP contribution < -0.4 is 0 Å². The standard InChI is InChI=1S/C10H13Cl/c1-3-8-6-5-7-10(11)9(8)4-2/h5-7H,3-4H2,1-2H3. The predicted molar refractivity (Wildman–Crippen MR) is 50.2 cm³/mol. The molecule has 0 saturated heterocycles. The topological polar surface area (TPSA) is 0 Å². The molecule has 1 rings (SSSR count). The van der Waals surface area contributed by atoms with Gasteiger partial charge in [0.05, 0.1) is 0 Å². The molecule has 0 bridgehead atoms. The normalized spacial score (nSPS) is 10.1. The minimum Gasteiger partial charge on any atom is -0.0840 e. The van der Waals surface area contributed by atoms with Crippen LogP contribution in [0, 0.1) is 0 Å². The number of hydrogen-bond acceptors (Lipinski definition) is 0. The van der Waals surface area contributed by atoms with E-state index in [1.54, 1.807) is 0 Å². The summed E-state index contributed by atoms with van der Waals surface area (Å²) in [6.07, 6.45) is 2.10. The molecule has 0 atom stereocenters. The highest BCUT2D eigenvalue weighted by Crippen LogP contribution is 2.20. The highest BCUT2D eigenvalue weighted by molar-refractivity contribution is 6.31. The molecule has 1 aromatic rings. The lowest BCUT2D eigenvalue weighted by Gasteiger charge is -2.06. The fourth-order valence-corrected chi connectivity index (χ4v) is 1.66. The highest BCUT2D eigenvalue weighted by atomic mass is 35.5. The molecule has 0 aliphatic carbocycles. The van der Waals surface area contributed by atoms with E-state index < -0.39 is 0 Å². The summed E-state index contributed by atoms with van der Waals surface area (Å²) in [6, 6.07) is 6.12. The molecule has 0 nitrogen and oxygen atoms in total. The summed E-state index contributed by atoms with van der Waals surface area (Å²) in [7, 11) is 0. The Hall–Kier alpha value is -0.490. The number of halogens is 1. The van der Waals surface area contributed by atoms with Crippen LogP contribution in [0.4, 0.5) is 0 Å². The smallest absolute Gasteiger partial charge is 0.0440 e. The van der Waals surface area contributed by atoms with Crippen molar-refractivity contribution in [2.45, 2.75) is 26.7 Å². The van der Waals surface area contributed by atoms with Crippen molar-refractivity contribution < 1.29 is 0 Å². The molecular weight excluding hydrogens is 156 g/mol. The molecule has 0 unspecified atom stereocenters. The minimum absolute atomic E-state index is 0.909. The molecule has 0 aliphatic heterocycles. The zero-order valence-corrected chi connectivity index (χ0v) is 7.78. The van der Waals surface area contributed by atoms with E-state index >= 15 is 0 Å². The Balaban J connectivity index is 3.13. The molecule has 1 heteroatoms. The summed E-state index contributed by atoms with van der Waals surface area (Å²) in [6.45, 7) is 4.30. The Morgan fingerprint density at radius 2 is 1.91 bits per heavy atom. The van der Waals surface area contributed by atoms with Crippen molar-refractivity contribution in [2.75, 3.05) is 0 Å². The summed E-state index contributed by atoms with van der Waals surface area (Å²) < 4.78 is 0. The molecular formula is C10H13Cl. The van der Waals surface area contributed by atoms with E-state index in [-0.39, 0.29) is 0 Å². The van der Waals surface area contributed by atoms with E-state index in [0.717, 1.165) is 17.9 Å². The molecule has 11 heavy (non-hydrogen) atoms. The molecule has 0 heterocycles. The lowest BCUT2D eigenvalue weighted by Crippen LogP contribution is -1.90. The molecule has 0 amide bonds. The van der Waals surface area contributed by atoms with Crippen LogP contribution in [0.25, 0.3) is 0 Å². The second-order valence-electron chi connectivity index (χ2n) is 2.58. The van der Waals surface area contributed by atoms with Gasteiger partial charge in [-0.1, -0.05) is 37.6 Å². The third-order valence-electron chi connectivity index (χ3n) is 1.95. The van der Waals surface area contributed by atoms with Gasteiger partial charge in [-0.05, 0) is 30.0 Å². The molecule has 0 radical (unpaired) electrons. The maximum atomic E-state index is 6.01. The van der Waals surface area contributed by atoms with E-state index in [2.05, 4.69) is 19.9 Å². The summed E-state index contributed by atoms with van der Waals surface area (Å²) in [4.78, 5) is 0. The lowest BCUT2D eigenvalue weighted by atomic mass is 10.0. The SMILES string of the molecule is CCc1cccc(Cl)c1CC. The van der Waals surface area contributed by atoms with Crippen molar-refractivity contribution in [2.24, 2.45) is 0 Å². The van der Waals surface area contributed by atoms with Gasteiger partial charge < -0.3 is 0 Å². The molecule has 0 spiro atoms. The van der Waals surface area contributed by atoms with Crippen molar-refractivity contribution >= 4 is 11.6 Å². The van der Waals surface area contributed by atoms with Crippen LogP contribution in [-0.4, -0.2) is 0 Å². The van der Waals surface area contributed by atoms with Gasteiger partial charge in [0.2, 0.25) is 0 Å². The van der Waals surface area contributed by atoms with E-state index in [1.165, 1.54) is 11.1 Å². The quantitative estimate of drug-likeness (QED) is 0.635. The fourth-order valence-electron chi connectivity index (χ4n) is 1.33. The van der Waals surface area contributed by atoms with E-state index in [0.29, 0.717) is 0 Å². The summed E-state index contributed by atoms with van der Waals surface area (Å²) in [5.41, 5.74) is 2.68. The molecule has 0 aliphatic rings. The van der Waals surface area contributed by atoms with Crippen LogP contribution in [0.15, 0.2) is 18.2 Å². The number of aryl methyl sites for hydroxylation is 1. The molecule has 1 aromatic carbocycles. The van der Waals surface area contributed by atoms with Crippen molar-refractivity contribution in [3.05, 3.63) is 34.3 Å². The van der Waals surface area contributed by atoms with Crippen molar-refractivity contribution in [1.29, 1.82) is 0 Å². The van der Waals surface area contributed by atoms with E-state index in [4.69, 9.17) is 11.6 Å². The lowest BCUT2D eigenvalue weighted by molar-refractivity contribution is 1.04. The molecule has 0 fully saturated rings. The molecule has 0 N–H and O–H groups in total. The van der Waals surface area contributed by atoms with Crippen LogP contribution in [0.2, 0.25) is 5.02 Å². The van der Waals surface area contributed by atoms with Crippen LogP contribution in [0.5, 0.6) is 0 Å². The van der Waals surface area contributed by atoms with Gasteiger partial charge in [0.15, 0.2) is 0 Å². The van der Waals surface area contributed by atoms with Crippen molar-refractivity contribution in [3.8, 4) is 0 Å². The monoisotopic (exact) mass is 168 g/mol. The Morgan fingerprint density at radius 3 is 2.36 bits per heavy atom. The second kappa shape index (κ2) is 3.77. The Bertz CT molecular complexity index is 241. The predicted octanol–water partition coefficient (Wildman–Crippen LogP) is 3.46. The first kappa shape index (κ1) is 8.61. The average molecular weight is 169 g/mol. The molecule has 60 valence electrons. The van der Waals surface area contributed by atoms with Gasteiger partial charge in [-0.3, -0.25) is 0 Å². The van der Waals surface area contributed by atoms with Gasteiger partial charge >= 0.3 is 0 Å². The van der Waals surface area contributed by atoms with Crippen LogP contribution >= 0.6 is 11.6 Å². The Labute approximate surface area is 73.2 Å². The third-order valence-corrected chi connectivity index (χ3v) is 2.30. The Kier molecular flexibility index (Phi) is 2.95. The van der Waals surface area contributed by atoms with Crippen LogP contribution in [0.3, 0.4) is 0 Å². The van der Waals surface area contributed by atoms with Gasteiger partial charge in [-0.25, -0.2) is 0 Å². The zero-order valence-electron chi connectivity index (χ0n) is 7.02. The van der Waals surface area contributed by atoms with Gasteiger partial charge in [-0.2, -0.15) is 0 Å². The third kappa shape index (κ3) is 1.75. The maximum Gasteiger partial charge on any atom is 0.0440 e. The maximum absolute atomic E-state index is 6.01. The summed E-state index contributed by atoms with van der Waals surface area (Å²) >= 11 is 6.01. The van der Waals surface area contributed by atoms with Gasteiger partial charge in [0.25, 0.3) is 0 Å². The molecule has 0 aromatic heterocycles. The van der Waals surface area contributed by atoms with Gasteiger partial charge in [0, 0.05) is 5.02 Å². The fraction of sp³-hybridized carbons (Fsp3) is 0.400.